The zero-order valence-corrected chi connectivity index (χ0v) is 18.3. The van der Waals surface area contributed by atoms with Gasteiger partial charge < -0.3 is 0 Å². The molecule has 33 heavy (non-hydrogen) atoms. The number of Topliss-reactive ketones (excluding diaryl/α,β-unsaturated/α-hetero) is 1. The Kier molecular flexibility index (Phi) is 3.79. The molecule has 0 amide bonds. The van der Waals surface area contributed by atoms with Gasteiger partial charge in [-0.15, -0.1) is 0 Å². The van der Waals surface area contributed by atoms with E-state index in [2.05, 4.69) is 109 Å². The lowest BCUT2D eigenvalue weighted by molar-refractivity contribution is -0.124. The van der Waals surface area contributed by atoms with Gasteiger partial charge in [-0.1, -0.05) is 121 Å². The van der Waals surface area contributed by atoms with Crippen molar-refractivity contribution in [2.45, 2.75) is 17.3 Å². The van der Waals surface area contributed by atoms with Gasteiger partial charge in [-0.2, -0.15) is 0 Å². The maximum Gasteiger partial charge on any atom is 0.163 e. The van der Waals surface area contributed by atoms with Crippen molar-refractivity contribution in [3.05, 3.63) is 144 Å². The van der Waals surface area contributed by atoms with E-state index in [1.165, 1.54) is 11.1 Å². The minimum atomic E-state index is -0.603. The standard InChI is InChI=1S/C32H24O/c33-30-31(24-17-9-3-10-18-24)26-21-27(26)32(30,25-19-11-4-12-20-25)29(23-15-7-2-8-16-23)28(31)22-13-5-1-6-14-22/h1-20,26-27H,21H2/t26-,27-,31-,32-/m1/s1. The average Bonchev–Trinajstić information content (AvgIpc) is 3.63. The third-order valence-electron chi connectivity index (χ3n) is 8.24. The molecule has 0 heterocycles. The quantitative estimate of drug-likeness (QED) is 0.356. The van der Waals surface area contributed by atoms with Crippen molar-refractivity contribution < 1.29 is 4.79 Å². The molecule has 4 aromatic carbocycles. The first kappa shape index (κ1) is 18.8. The average molecular weight is 425 g/mol. The third kappa shape index (κ3) is 2.20. The van der Waals surface area contributed by atoms with Crippen LogP contribution in [0.2, 0.25) is 0 Å². The number of allylic oxidation sites excluding steroid dienone is 2. The van der Waals surface area contributed by atoms with E-state index in [1.54, 1.807) is 0 Å². The summed E-state index contributed by atoms with van der Waals surface area (Å²) < 4.78 is 0. The van der Waals surface area contributed by atoms with Crippen LogP contribution in [0.25, 0.3) is 11.1 Å². The van der Waals surface area contributed by atoms with Gasteiger partial charge in [0.2, 0.25) is 0 Å². The van der Waals surface area contributed by atoms with Crippen molar-refractivity contribution in [1.82, 2.24) is 0 Å². The van der Waals surface area contributed by atoms with Crippen molar-refractivity contribution >= 4 is 16.9 Å². The summed E-state index contributed by atoms with van der Waals surface area (Å²) >= 11 is 0. The first-order chi connectivity index (χ1) is 16.3. The second-order valence-corrected chi connectivity index (χ2v) is 9.61. The molecule has 0 unspecified atom stereocenters. The Morgan fingerprint density at radius 1 is 0.485 bits per heavy atom. The summed E-state index contributed by atoms with van der Waals surface area (Å²) in [6.45, 7) is 0. The van der Waals surface area contributed by atoms with E-state index >= 15 is 0 Å². The van der Waals surface area contributed by atoms with Crippen LogP contribution in [-0.2, 0) is 15.6 Å². The minimum absolute atomic E-state index is 0.343. The SMILES string of the molecule is O=C1[C@@]2(c3ccccc3)C(c3ccccc3)=C(c3ccccc3)[C@@]1(c1ccccc1)[C@@H]1C[C@H]12. The zero-order chi connectivity index (χ0) is 22.0. The van der Waals surface area contributed by atoms with Crippen LogP contribution in [0.4, 0.5) is 0 Å². The molecule has 1 heteroatoms. The first-order valence-corrected chi connectivity index (χ1v) is 11.8. The summed E-state index contributed by atoms with van der Waals surface area (Å²) in [7, 11) is 0. The minimum Gasteiger partial charge on any atom is -0.297 e. The molecule has 2 bridgehead atoms. The molecule has 7 rings (SSSR count). The highest BCUT2D eigenvalue weighted by Gasteiger charge is 2.82. The van der Waals surface area contributed by atoms with E-state index in [0.29, 0.717) is 17.6 Å². The molecule has 0 N–H and O–H groups in total. The van der Waals surface area contributed by atoms with E-state index in [-0.39, 0.29) is 0 Å². The molecular weight excluding hydrogens is 400 g/mol. The van der Waals surface area contributed by atoms with Gasteiger partial charge in [0.05, 0.1) is 10.8 Å². The summed E-state index contributed by atoms with van der Waals surface area (Å²) in [6, 6.07) is 42.4. The molecule has 3 aliphatic carbocycles. The second-order valence-electron chi connectivity index (χ2n) is 9.61. The van der Waals surface area contributed by atoms with Crippen LogP contribution in [0.1, 0.15) is 28.7 Å². The molecule has 0 spiro atoms. The number of carbonyl (C=O) groups is 1. The molecule has 2 saturated carbocycles. The second kappa shape index (κ2) is 6.65. The maximum absolute atomic E-state index is 15.0. The van der Waals surface area contributed by atoms with Crippen molar-refractivity contribution in [3.8, 4) is 0 Å². The Hall–Kier alpha value is -3.71. The lowest BCUT2D eigenvalue weighted by Crippen LogP contribution is -2.40. The van der Waals surface area contributed by atoms with Crippen LogP contribution in [-0.4, -0.2) is 5.78 Å². The van der Waals surface area contributed by atoms with E-state index in [0.717, 1.165) is 28.7 Å². The molecule has 3 aliphatic rings. The van der Waals surface area contributed by atoms with Crippen LogP contribution >= 0.6 is 0 Å². The van der Waals surface area contributed by atoms with Gasteiger partial charge in [-0.25, -0.2) is 0 Å². The third-order valence-corrected chi connectivity index (χ3v) is 8.24. The summed E-state index contributed by atoms with van der Waals surface area (Å²) in [6.07, 6.45) is 1.09. The lowest BCUT2D eigenvalue weighted by Gasteiger charge is -2.33. The van der Waals surface area contributed by atoms with Gasteiger partial charge in [-0.05, 0) is 51.7 Å². The lowest BCUT2D eigenvalue weighted by atomic mass is 9.68. The molecule has 0 aromatic heterocycles. The number of carbonyl (C=O) groups excluding carboxylic acids is 1. The topological polar surface area (TPSA) is 17.1 Å². The van der Waals surface area contributed by atoms with E-state index < -0.39 is 10.8 Å². The molecule has 4 atom stereocenters. The van der Waals surface area contributed by atoms with Gasteiger partial charge in [0.15, 0.2) is 5.78 Å². The highest BCUT2D eigenvalue weighted by atomic mass is 16.1. The normalized spacial score (nSPS) is 29.3. The van der Waals surface area contributed by atoms with E-state index in [9.17, 15) is 4.79 Å². The van der Waals surface area contributed by atoms with Crippen molar-refractivity contribution in [1.29, 1.82) is 0 Å². The van der Waals surface area contributed by atoms with Crippen molar-refractivity contribution in [2.24, 2.45) is 11.8 Å². The van der Waals surface area contributed by atoms with Gasteiger partial charge in [-0.3, -0.25) is 4.79 Å². The summed E-state index contributed by atoms with van der Waals surface area (Å²) in [5.74, 6) is 1.05. The number of fused-ring (bicyclic) bond motifs is 5. The summed E-state index contributed by atoms with van der Waals surface area (Å²) in [5.41, 5.74) is 5.84. The van der Waals surface area contributed by atoms with E-state index in [4.69, 9.17) is 0 Å². The smallest absolute Gasteiger partial charge is 0.163 e. The van der Waals surface area contributed by atoms with Crippen LogP contribution < -0.4 is 0 Å². The number of hydrogen-bond donors (Lipinski definition) is 0. The zero-order valence-electron chi connectivity index (χ0n) is 18.3. The van der Waals surface area contributed by atoms with Crippen LogP contribution in [0.3, 0.4) is 0 Å². The Balaban J connectivity index is 1.67. The predicted molar refractivity (Wildman–Crippen MR) is 133 cm³/mol. The Bertz CT molecular complexity index is 1280. The van der Waals surface area contributed by atoms with Crippen molar-refractivity contribution in [3.63, 3.8) is 0 Å². The molecule has 4 aromatic rings. The van der Waals surface area contributed by atoms with Gasteiger partial charge in [0.1, 0.15) is 0 Å². The van der Waals surface area contributed by atoms with Crippen LogP contribution in [0.15, 0.2) is 121 Å². The molecule has 158 valence electrons. The highest BCUT2D eigenvalue weighted by Crippen LogP contribution is 2.80. The van der Waals surface area contributed by atoms with Crippen LogP contribution in [0, 0.1) is 11.8 Å². The van der Waals surface area contributed by atoms with E-state index in [1.807, 2.05) is 12.1 Å². The highest BCUT2D eigenvalue weighted by molar-refractivity contribution is 6.30. The fourth-order valence-electron chi connectivity index (χ4n) is 7.13. The van der Waals surface area contributed by atoms with Gasteiger partial charge >= 0.3 is 0 Å². The van der Waals surface area contributed by atoms with Gasteiger partial charge in [0, 0.05) is 0 Å². The number of benzene rings is 4. The number of ketones is 1. The molecular formula is C32H24O. The Morgan fingerprint density at radius 3 is 1.18 bits per heavy atom. The Labute approximate surface area is 194 Å². The molecule has 1 nitrogen and oxygen atoms in total. The number of rotatable bonds is 4. The largest absolute Gasteiger partial charge is 0.297 e. The predicted octanol–water partition coefficient (Wildman–Crippen LogP) is 6.71. The molecule has 2 fully saturated rings. The molecule has 0 aliphatic heterocycles. The van der Waals surface area contributed by atoms with Gasteiger partial charge in [0.25, 0.3) is 0 Å². The monoisotopic (exact) mass is 424 g/mol. The fraction of sp³-hybridized carbons (Fsp3) is 0.156. The fourth-order valence-corrected chi connectivity index (χ4v) is 7.13. The van der Waals surface area contributed by atoms with Crippen molar-refractivity contribution in [2.75, 3.05) is 0 Å². The molecule has 0 radical (unpaired) electrons. The summed E-state index contributed by atoms with van der Waals surface area (Å²) in [4.78, 5) is 15.0. The van der Waals surface area contributed by atoms with Crippen LogP contribution in [0.5, 0.6) is 0 Å². The first-order valence-electron chi connectivity index (χ1n) is 11.8. The number of hydrogen-bond acceptors (Lipinski definition) is 1. The maximum atomic E-state index is 15.0. The Morgan fingerprint density at radius 2 is 0.818 bits per heavy atom. The molecule has 0 saturated heterocycles. The summed E-state index contributed by atoms with van der Waals surface area (Å²) in [5, 5.41) is 0.